The normalized spacial score (nSPS) is 11.7. The Hall–Kier alpha value is -1.41. The van der Waals surface area contributed by atoms with Crippen LogP contribution in [0.2, 0.25) is 0 Å². The van der Waals surface area contributed by atoms with E-state index in [1.165, 1.54) is 11.8 Å². The molecule has 2 rings (SSSR count). The lowest BCUT2D eigenvalue weighted by molar-refractivity contribution is -0.382. The maximum atomic E-state index is 10.8. The van der Waals surface area contributed by atoms with Crippen molar-refractivity contribution < 1.29 is 4.92 Å². The molecule has 2 aromatic rings. The van der Waals surface area contributed by atoms with Crippen LogP contribution in [0.5, 0.6) is 0 Å². The molecule has 8 heteroatoms. The van der Waals surface area contributed by atoms with Crippen LogP contribution in [0.1, 0.15) is 26.6 Å². The molecule has 1 N–H and O–H groups in total. The summed E-state index contributed by atoms with van der Waals surface area (Å²) in [5, 5.41) is 20.0. The minimum absolute atomic E-state index is 0.119. The van der Waals surface area contributed by atoms with Crippen LogP contribution in [0, 0.1) is 10.1 Å². The number of nitro groups is 1. The molecular formula is C10H12N4O2S2. The van der Waals surface area contributed by atoms with Gasteiger partial charge in [0.2, 0.25) is 5.16 Å². The molecule has 0 atom stereocenters. The highest BCUT2D eigenvalue weighted by atomic mass is 32.2. The molecule has 0 amide bonds. The molecule has 0 saturated carbocycles. The fourth-order valence-corrected chi connectivity index (χ4v) is 2.91. The van der Waals surface area contributed by atoms with Crippen molar-refractivity contribution in [2.24, 2.45) is 0 Å². The molecule has 6 nitrogen and oxygen atoms in total. The van der Waals surface area contributed by atoms with E-state index in [2.05, 4.69) is 15.2 Å². The first-order valence-electron chi connectivity index (χ1n) is 5.20. The zero-order valence-electron chi connectivity index (χ0n) is 10.1. The van der Waals surface area contributed by atoms with Gasteiger partial charge < -0.3 is 0 Å². The number of hydrogen-bond acceptors (Lipinski definition) is 6. The number of rotatable bonds is 3. The summed E-state index contributed by atoms with van der Waals surface area (Å²) in [5.74, 6) is 0.767. The standard InChI is InChI=1S/C10H12N4O2S2/c1-10(2,3)8-11-9(13-12-8)18-6-4-5-17-7(6)14(15)16/h4-5H,1-3H3,(H,11,12,13). The van der Waals surface area contributed by atoms with Crippen LogP contribution in [-0.2, 0) is 5.41 Å². The fourth-order valence-electron chi connectivity index (χ4n) is 1.23. The molecule has 0 saturated heterocycles. The van der Waals surface area contributed by atoms with Gasteiger partial charge in [0.15, 0.2) is 0 Å². The maximum absolute atomic E-state index is 10.8. The van der Waals surface area contributed by atoms with Crippen LogP contribution in [0.25, 0.3) is 0 Å². The molecule has 96 valence electrons. The summed E-state index contributed by atoms with van der Waals surface area (Å²) in [6.45, 7) is 6.07. The van der Waals surface area contributed by atoms with Crippen molar-refractivity contribution in [3.63, 3.8) is 0 Å². The second kappa shape index (κ2) is 4.69. The van der Waals surface area contributed by atoms with E-state index in [9.17, 15) is 10.1 Å². The second-order valence-electron chi connectivity index (χ2n) is 4.67. The number of aromatic nitrogens is 3. The lowest BCUT2D eigenvalue weighted by Gasteiger charge is -2.12. The Morgan fingerprint density at radius 2 is 2.22 bits per heavy atom. The van der Waals surface area contributed by atoms with E-state index in [-0.39, 0.29) is 15.3 Å². The zero-order chi connectivity index (χ0) is 13.3. The SMILES string of the molecule is CC(C)(C)c1nc(Sc2ccsc2[N+](=O)[O-])n[nH]1. The predicted octanol–water partition coefficient (Wildman–Crippen LogP) is 3.22. The van der Waals surface area contributed by atoms with Crippen molar-refractivity contribution in [3.05, 3.63) is 27.4 Å². The van der Waals surface area contributed by atoms with Crippen molar-refractivity contribution in [2.45, 2.75) is 36.2 Å². The summed E-state index contributed by atoms with van der Waals surface area (Å²) < 4.78 is 0. The molecule has 0 aliphatic carbocycles. The van der Waals surface area contributed by atoms with Crippen molar-refractivity contribution in [1.29, 1.82) is 0 Å². The molecular weight excluding hydrogens is 272 g/mol. The van der Waals surface area contributed by atoms with Crippen LogP contribution in [-0.4, -0.2) is 20.1 Å². The largest absolute Gasteiger partial charge is 0.338 e. The Balaban J connectivity index is 2.22. The highest BCUT2D eigenvalue weighted by Gasteiger charge is 2.21. The van der Waals surface area contributed by atoms with Crippen molar-refractivity contribution in [2.75, 3.05) is 0 Å². The number of hydrogen-bond donors (Lipinski definition) is 1. The predicted molar refractivity (Wildman–Crippen MR) is 70.2 cm³/mol. The molecule has 0 aliphatic rings. The van der Waals surface area contributed by atoms with Gasteiger partial charge in [-0.2, -0.15) is 0 Å². The van der Waals surface area contributed by atoms with Crippen LogP contribution < -0.4 is 0 Å². The number of nitrogens with zero attached hydrogens (tertiary/aromatic N) is 3. The molecule has 18 heavy (non-hydrogen) atoms. The van der Waals surface area contributed by atoms with E-state index in [1.54, 1.807) is 11.4 Å². The molecule has 2 heterocycles. The van der Waals surface area contributed by atoms with E-state index < -0.39 is 0 Å². The van der Waals surface area contributed by atoms with Crippen LogP contribution >= 0.6 is 23.1 Å². The van der Waals surface area contributed by atoms with Gasteiger partial charge >= 0.3 is 5.00 Å². The molecule has 2 aromatic heterocycles. The molecule has 0 bridgehead atoms. The number of thiophene rings is 1. The van der Waals surface area contributed by atoms with Gasteiger partial charge in [0.05, 0.1) is 4.92 Å². The van der Waals surface area contributed by atoms with Gasteiger partial charge in [-0.15, -0.1) is 5.10 Å². The van der Waals surface area contributed by atoms with Crippen LogP contribution in [0.3, 0.4) is 0 Å². The topological polar surface area (TPSA) is 84.7 Å². The first-order valence-corrected chi connectivity index (χ1v) is 6.90. The molecule has 0 aliphatic heterocycles. The summed E-state index contributed by atoms with van der Waals surface area (Å²) in [7, 11) is 0. The number of aromatic amines is 1. The van der Waals surface area contributed by atoms with Crippen molar-refractivity contribution >= 4 is 28.1 Å². The van der Waals surface area contributed by atoms with Gasteiger partial charge in [0.25, 0.3) is 0 Å². The summed E-state index contributed by atoms with van der Waals surface area (Å²) in [4.78, 5) is 15.3. The molecule has 0 spiro atoms. The number of nitrogens with one attached hydrogen (secondary N) is 1. The quantitative estimate of drug-likeness (QED) is 0.691. The maximum Gasteiger partial charge on any atom is 0.338 e. The van der Waals surface area contributed by atoms with E-state index in [1.807, 2.05) is 20.8 Å². The average molecular weight is 284 g/mol. The monoisotopic (exact) mass is 284 g/mol. The Kier molecular flexibility index (Phi) is 3.40. The van der Waals surface area contributed by atoms with Gasteiger partial charge in [-0.05, 0) is 23.2 Å². The Labute approximate surface area is 112 Å². The minimum atomic E-state index is -0.385. The number of H-pyrrole nitrogens is 1. The smallest absolute Gasteiger partial charge is 0.262 e. The van der Waals surface area contributed by atoms with Crippen molar-refractivity contribution in [1.82, 2.24) is 15.2 Å². The lowest BCUT2D eigenvalue weighted by Crippen LogP contribution is -2.13. The molecule has 0 aromatic carbocycles. The average Bonchev–Trinajstić information content (AvgIpc) is 2.85. The van der Waals surface area contributed by atoms with Crippen molar-refractivity contribution in [3.8, 4) is 0 Å². The van der Waals surface area contributed by atoms with Gasteiger partial charge in [-0.3, -0.25) is 15.2 Å². The van der Waals surface area contributed by atoms with Gasteiger partial charge in [-0.25, -0.2) is 4.98 Å². The summed E-state index contributed by atoms with van der Waals surface area (Å²) in [5.41, 5.74) is -0.119. The van der Waals surface area contributed by atoms with E-state index in [0.29, 0.717) is 10.1 Å². The highest BCUT2D eigenvalue weighted by molar-refractivity contribution is 7.99. The fraction of sp³-hybridized carbons (Fsp3) is 0.400. The van der Waals surface area contributed by atoms with E-state index in [4.69, 9.17) is 0 Å². The molecule has 0 radical (unpaired) electrons. The third kappa shape index (κ3) is 2.70. The first-order chi connectivity index (χ1) is 8.38. The third-order valence-electron chi connectivity index (χ3n) is 2.15. The third-order valence-corrected chi connectivity index (χ3v) is 4.06. The summed E-state index contributed by atoms with van der Waals surface area (Å²) in [6.07, 6.45) is 0. The molecule has 0 fully saturated rings. The Bertz CT molecular complexity index is 570. The first kappa shape index (κ1) is 13.0. The van der Waals surface area contributed by atoms with E-state index >= 15 is 0 Å². The van der Waals surface area contributed by atoms with E-state index in [0.717, 1.165) is 17.2 Å². The van der Waals surface area contributed by atoms with Gasteiger partial charge in [0, 0.05) is 5.41 Å². The second-order valence-corrected chi connectivity index (χ2v) is 6.57. The highest BCUT2D eigenvalue weighted by Crippen LogP contribution is 2.37. The lowest BCUT2D eigenvalue weighted by atomic mass is 9.96. The van der Waals surface area contributed by atoms with Crippen LogP contribution in [0.4, 0.5) is 5.00 Å². The summed E-state index contributed by atoms with van der Waals surface area (Å²) >= 11 is 2.31. The zero-order valence-corrected chi connectivity index (χ0v) is 11.8. The Morgan fingerprint density at radius 1 is 1.50 bits per heavy atom. The van der Waals surface area contributed by atoms with Crippen LogP contribution in [0.15, 0.2) is 21.5 Å². The Morgan fingerprint density at radius 3 is 2.78 bits per heavy atom. The van der Waals surface area contributed by atoms with Gasteiger partial charge in [0.1, 0.15) is 10.7 Å². The minimum Gasteiger partial charge on any atom is -0.262 e. The molecule has 0 unspecified atom stereocenters. The summed E-state index contributed by atoms with van der Waals surface area (Å²) in [6, 6.07) is 1.71. The van der Waals surface area contributed by atoms with Gasteiger partial charge in [-0.1, -0.05) is 32.1 Å².